The molecule has 0 radical (unpaired) electrons. The van der Waals surface area contributed by atoms with E-state index in [1.165, 1.54) is 32.8 Å². The van der Waals surface area contributed by atoms with Gasteiger partial charge in [-0.1, -0.05) is 19.8 Å². The lowest BCUT2D eigenvalue weighted by atomic mass is 9.85. The monoisotopic (exact) mass is 254 g/mol. The highest BCUT2D eigenvalue weighted by molar-refractivity contribution is 5.67. The van der Waals surface area contributed by atoms with Crippen LogP contribution in [0, 0.1) is 11.8 Å². The highest BCUT2D eigenvalue weighted by Crippen LogP contribution is 2.26. The van der Waals surface area contributed by atoms with Crippen LogP contribution < -0.4 is 5.32 Å². The fourth-order valence-electron chi connectivity index (χ4n) is 2.96. The zero-order chi connectivity index (χ0) is 13.0. The maximum atomic E-state index is 11.7. The van der Waals surface area contributed by atoms with Crippen LogP contribution in [-0.4, -0.2) is 43.8 Å². The number of ether oxygens (including phenoxy) is 1. The Kier molecular flexibility index (Phi) is 4.87. The fourth-order valence-corrected chi connectivity index (χ4v) is 2.96. The van der Waals surface area contributed by atoms with E-state index in [0.29, 0.717) is 12.0 Å². The van der Waals surface area contributed by atoms with Gasteiger partial charge in [0.1, 0.15) is 0 Å². The predicted molar refractivity (Wildman–Crippen MR) is 71.5 cm³/mol. The average Bonchev–Trinajstić information content (AvgIpc) is 2.35. The van der Waals surface area contributed by atoms with Crippen molar-refractivity contribution in [2.24, 2.45) is 11.8 Å². The summed E-state index contributed by atoms with van der Waals surface area (Å²) in [6, 6.07) is 0.448. The lowest BCUT2D eigenvalue weighted by molar-refractivity contribution is 0.0884. The molecule has 1 heterocycles. The van der Waals surface area contributed by atoms with Gasteiger partial charge in [-0.3, -0.25) is 0 Å². The summed E-state index contributed by atoms with van der Waals surface area (Å²) < 4.78 is 4.85. The fraction of sp³-hybridized carbons (Fsp3) is 0.929. The van der Waals surface area contributed by atoms with Gasteiger partial charge < -0.3 is 15.0 Å². The van der Waals surface area contributed by atoms with Crippen molar-refractivity contribution in [3.63, 3.8) is 0 Å². The van der Waals surface area contributed by atoms with E-state index in [9.17, 15) is 4.79 Å². The van der Waals surface area contributed by atoms with Gasteiger partial charge in [-0.15, -0.1) is 0 Å². The maximum Gasteiger partial charge on any atom is 0.409 e. The van der Waals surface area contributed by atoms with Crippen LogP contribution in [0.2, 0.25) is 0 Å². The molecule has 2 atom stereocenters. The number of nitrogens with zero attached hydrogens (tertiary/aromatic N) is 1. The van der Waals surface area contributed by atoms with E-state index in [4.69, 9.17) is 4.74 Å². The second-order valence-electron chi connectivity index (χ2n) is 5.79. The number of nitrogens with one attached hydrogen (secondary N) is 1. The molecule has 4 heteroatoms. The molecule has 0 aromatic heterocycles. The summed E-state index contributed by atoms with van der Waals surface area (Å²) in [5, 5.41) is 3.65. The zero-order valence-electron chi connectivity index (χ0n) is 11.7. The molecule has 2 fully saturated rings. The molecular weight excluding hydrogens is 228 g/mol. The quantitative estimate of drug-likeness (QED) is 0.836. The van der Waals surface area contributed by atoms with Crippen molar-refractivity contribution in [1.82, 2.24) is 10.2 Å². The minimum absolute atomic E-state index is 0.177. The van der Waals surface area contributed by atoms with E-state index in [1.807, 2.05) is 4.90 Å². The summed E-state index contributed by atoms with van der Waals surface area (Å²) in [7, 11) is 1.47. The van der Waals surface area contributed by atoms with Gasteiger partial charge in [0.2, 0.25) is 0 Å². The first-order valence-corrected chi connectivity index (χ1v) is 7.29. The van der Waals surface area contributed by atoms with E-state index in [-0.39, 0.29) is 6.09 Å². The van der Waals surface area contributed by atoms with Crippen molar-refractivity contribution in [3.8, 4) is 0 Å². The van der Waals surface area contributed by atoms with E-state index in [1.54, 1.807) is 0 Å². The van der Waals surface area contributed by atoms with Crippen LogP contribution in [0.25, 0.3) is 0 Å². The van der Waals surface area contributed by atoms with Crippen molar-refractivity contribution >= 4 is 6.09 Å². The smallest absolute Gasteiger partial charge is 0.409 e. The van der Waals surface area contributed by atoms with Gasteiger partial charge in [0.15, 0.2) is 0 Å². The Labute approximate surface area is 110 Å². The van der Waals surface area contributed by atoms with Gasteiger partial charge >= 0.3 is 6.09 Å². The molecule has 0 aromatic carbocycles. The van der Waals surface area contributed by atoms with E-state index in [0.717, 1.165) is 32.0 Å². The first-order valence-electron chi connectivity index (χ1n) is 7.29. The Morgan fingerprint density at radius 3 is 2.67 bits per heavy atom. The molecule has 0 spiro atoms. The molecule has 4 nitrogen and oxygen atoms in total. The van der Waals surface area contributed by atoms with Crippen molar-refractivity contribution in [3.05, 3.63) is 0 Å². The third kappa shape index (κ3) is 3.37. The molecule has 2 rings (SSSR count). The van der Waals surface area contributed by atoms with Crippen LogP contribution in [0.15, 0.2) is 0 Å². The van der Waals surface area contributed by atoms with Gasteiger partial charge in [0.05, 0.1) is 7.11 Å². The van der Waals surface area contributed by atoms with Crippen LogP contribution in [0.1, 0.15) is 39.0 Å². The number of likely N-dealkylation sites (tertiary alicyclic amines) is 1. The van der Waals surface area contributed by atoms with Crippen LogP contribution in [0.3, 0.4) is 0 Å². The lowest BCUT2D eigenvalue weighted by Gasteiger charge is -2.38. The van der Waals surface area contributed by atoms with E-state index < -0.39 is 0 Å². The third-order valence-corrected chi connectivity index (χ3v) is 4.47. The third-order valence-electron chi connectivity index (χ3n) is 4.47. The summed E-state index contributed by atoms with van der Waals surface area (Å²) >= 11 is 0. The molecule has 0 bridgehead atoms. The van der Waals surface area contributed by atoms with Gasteiger partial charge in [0.25, 0.3) is 0 Å². The number of methoxy groups -OCH3 is 1. The molecule has 2 unspecified atom stereocenters. The predicted octanol–water partition coefficient (Wildman–Crippen LogP) is 2.24. The Hall–Kier alpha value is -0.770. The summed E-state index contributed by atoms with van der Waals surface area (Å²) in [5.74, 6) is 1.48. The van der Waals surface area contributed by atoms with Gasteiger partial charge in [-0.25, -0.2) is 4.79 Å². The highest BCUT2D eigenvalue weighted by atomic mass is 16.5. The van der Waals surface area contributed by atoms with E-state index in [2.05, 4.69) is 12.2 Å². The zero-order valence-corrected chi connectivity index (χ0v) is 11.7. The molecule has 104 valence electrons. The number of rotatable bonds is 4. The van der Waals surface area contributed by atoms with Crippen molar-refractivity contribution in [2.45, 2.75) is 45.1 Å². The Balaban J connectivity index is 1.82. The molecule has 1 aliphatic carbocycles. The van der Waals surface area contributed by atoms with Gasteiger partial charge in [0, 0.05) is 19.1 Å². The molecule has 1 N–H and O–H groups in total. The largest absolute Gasteiger partial charge is 0.453 e. The van der Waals surface area contributed by atoms with E-state index >= 15 is 0 Å². The number of hydrogen-bond acceptors (Lipinski definition) is 3. The summed E-state index contributed by atoms with van der Waals surface area (Å²) in [6.07, 6.45) is 6.29. The topological polar surface area (TPSA) is 41.6 Å². The minimum atomic E-state index is -0.177. The summed E-state index contributed by atoms with van der Waals surface area (Å²) in [4.78, 5) is 13.5. The number of hydrogen-bond donors (Lipinski definition) is 1. The second kappa shape index (κ2) is 6.41. The summed E-state index contributed by atoms with van der Waals surface area (Å²) in [5.41, 5.74) is 0. The lowest BCUT2D eigenvalue weighted by Crippen LogP contribution is -2.52. The number of carbonyl (C=O) groups excluding carboxylic acids is 1. The van der Waals surface area contributed by atoms with Gasteiger partial charge in [-0.2, -0.15) is 0 Å². The van der Waals surface area contributed by atoms with Crippen molar-refractivity contribution in [2.75, 3.05) is 26.7 Å². The van der Waals surface area contributed by atoms with Crippen molar-refractivity contribution in [1.29, 1.82) is 0 Å². The summed E-state index contributed by atoms with van der Waals surface area (Å²) in [6.45, 7) is 4.98. The average molecular weight is 254 g/mol. The molecular formula is C14H26N2O2. The van der Waals surface area contributed by atoms with Gasteiger partial charge in [-0.05, 0) is 37.6 Å². The first kappa shape index (κ1) is 13.7. The molecule has 1 saturated heterocycles. The first-order chi connectivity index (χ1) is 8.72. The number of amides is 1. The Morgan fingerprint density at radius 2 is 2.11 bits per heavy atom. The molecule has 2 aliphatic rings. The number of piperidine rings is 1. The molecule has 1 aliphatic heterocycles. The van der Waals surface area contributed by atoms with Crippen LogP contribution in [-0.2, 0) is 4.74 Å². The van der Waals surface area contributed by atoms with Crippen molar-refractivity contribution < 1.29 is 9.53 Å². The van der Waals surface area contributed by atoms with Crippen LogP contribution in [0.4, 0.5) is 4.79 Å². The minimum Gasteiger partial charge on any atom is -0.453 e. The second-order valence-corrected chi connectivity index (χ2v) is 5.79. The number of carbonyl (C=O) groups is 1. The maximum absolute atomic E-state index is 11.7. The highest BCUT2D eigenvalue weighted by Gasteiger charge is 2.30. The normalized spacial score (nSPS) is 28.9. The Morgan fingerprint density at radius 1 is 1.33 bits per heavy atom. The van der Waals surface area contributed by atoms with Crippen LogP contribution in [0.5, 0.6) is 0 Å². The Bertz CT molecular complexity index is 279. The SMILES string of the molecule is CCC1CC(NCC2CCC2)CN(C(=O)OC)C1. The standard InChI is InChI=1S/C14H26N2O2/c1-3-11-7-13(15-8-12-5-4-6-12)10-16(9-11)14(17)18-2/h11-13,15H,3-10H2,1-2H3. The molecule has 1 amide bonds. The molecule has 18 heavy (non-hydrogen) atoms. The molecule has 1 saturated carbocycles. The molecule has 0 aromatic rings. The van der Waals surface area contributed by atoms with Crippen LogP contribution >= 0.6 is 0 Å².